The van der Waals surface area contributed by atoms with Gasteiger partial charge in [0.05, 0.1) is 5.92 Å². The van der Waals surface area contributed by atoms with Gasteiger partial charge in [-0.1, -0.05) is 12.1 Å². The average Bonchev–Trinajstić information content (AvgIpc) is 2.89. The number of hydrogen-bond donors (Lipinski definition) is 2. The summed E-state index contributed by atoms with van der Waals surface area (Å²) in [4.78, 5) is 13.9. The van der Waals surface area contributed by atoms with Crippen LogP contribution in [0.1, 0.15) is 17.9 Å². The predicted molar refractivity (Wildman–Crippen MR) is 56.8 cm³/mol. The summed E-state index contributed by atoms with van der Waals surface area (Å²) >= 11 is 0. The number of aromatic nitrogens is 1. The standard InChI is InChI=1S/C12H11NO2/c14-12(15)10-6-9(10)8-2-1-7-3-4-13-11(7)5-8/h1-5,9-10,13H,6H2,(H,14,15)/t9-,10+/m0/s1. The van der Waals surface area contributed by atoms with Gasteiger partial charge in [-0.2, -0.15) is 0 Å². The smallest absolute Gasteiger partial charge is 0.307 e. The summed E-state index contributed by atoms with van der Waals surface area (Å²) in [6.07, 6.45) is 2.68. The zero-order chi connectivity index (χ0) is 10.4. The van der Waals surface area contributed by atoms with E-state index in [-0.39, 0.29) is 11.8 Å². The molecule has 2 N–H and O–H groups in total. The van der Waals surface area contributed by atoms with Crippen LogP contribution in [0.5, 0.6) is 0 Å². The Hall–Kier alpha value is -1.77. The Balaban J connectivity index is 1.96. The van der Waals surface area contributed by atoms with Crippen LogP contribution in [0.3, 0.4) is 0 Å². The molecule has 1 saturated carbocycles. The van der Waals surface area contributed by atoms with Crippen LogP contribution in [0.25, 0.3) is 10.9 Å². The van der Waals surface area contributed by atoms with E-state index in [1.54, 1.807) is 0 Å². The highest BCUT2D eigenvalue weighted by Gasteiger charge is 2.44. The molecule has 0 radical (unpaired) electrons. The molecule has 76 valence electrons. The van der Waals surface area contributed by atoms with Crippen LogP contribution in [0.15, 0.2) is 30.5 Å². The van der Waals surface area contributed by atoms with Crippen LogP contribution < -0.4 is 0 Å². The Morgan fingerprint density at radius 2 is 2.27 bits per heavy atom. The minimum absolute atomic E-state index is 0.169. The van der Waals surface area contributed by atoms with Gasteiger partial charge in [0.1, 0.15) is 0 Å². The van der Waals surface area contributed by atoms with Crippen molar-refractivity contribution in [1.29, 1.82) is 0 Å². The van der Waals surface area contributed by atoms with Gasteiger partial charge in [-0.3, -0.25) is 4.79 Å². The van der Waals surface area contributed by atoms with E-state index in [4.69, 9.17) is 5.11 Å². The third kappa shape index (κ3) is 1.31. The summed E-state index contributed by atoms with van der Waals surface area (Å²) < 4.78 is 0. The fourth-order valence-corrected chi connectivity index (χ4v) is 2.13. The van der Waals surface area contributed by atoms with Crippen LogP contribution in [-0.4, -0.2) is 16.1 Å². The summed E-state index contributed by atoms with van der Waals surface area (Å²) in [7, 11) is 0. The lowest BCUT2D eigenvalue weighted by Gasteiger charge is -1.98. The molecule has 0 aliphatic heterocycles. The molecule has 0 saturated heterocycles. The second kappa shape index (κ2) is 2.86. The molecule has 0 spiro atoms. The maximum absolute atomic E-state index is 10.8. The van der Waals surface area contributed by atoms with Gasteiger partial charge < -0.3 is 10.1 Å². The first-order valence-electron chi connectivity index (χ1n) is 5.05. The molecule has 1 aromatic carbocycles. The maximum Gasteiger partial charge on any atom is 0.307 e. The second-order valence-corrected chi connectivity index (χ2v) is 4.11. The van der Waals surface area contributed by atoms with Crippen molar-refractivity contribution in [3.05, 3.63) is 36.0 Å². The Bertz CT molecular complexity index is 529. The van der Waals surface area contributed by atoms with Crippen molar-refractivity contribution in [3.8, 4) is 0 Å². The van der Waals surface area contributed by atoms with Crippen molar-refractivity contribution in [1.82, 2.24) is 4.98 Å². The van der Waals surface area contributed by atoms with E-state index >= 15 is 0 Å². The molecule has 15 heavy (non-hydrogen) atoms. The zero-order valence-corrected chi connectivity index (χ0v) is 8.10. The zero-order valence-electron chi connectivity index (χ0n) is 8.10. The van der Waals surface area contributed by atoms with Crippen LogP contribution >= 0.6 is 0 Å². The van der Waals surface area contributed by atoms with Crippen LogP contribution in [0.2, 0.25) is 0 Å². The van der Waals surface area contributed by atoms with Crippen molar-refractivity contribution >= 4 is 16.9 Å². The number of aliphatic carboxylic acids is 1. The SMILES string of the molecule is O=C(O)[C@@H]1C[C@H]1c1ccc2cc[nH]c2c1. The maximum atomic E-state index is 10.8. The first-order valence-corrected chi connectivity index (χ1v) is 5.05. The van der Waals surface area contributed by atoms with Gasteiger partial charge in [-0.15, -0.1) is 0 Å². The number of rotatable bonds is 2. The molecule has 1 aromatic heterocycles. The number of carboxylic acids is 1. The Morgan fingerprint density at radius 1 is 1.40 bits per heavy atom. The van der Waals surface area contributed by atoms with Gasteiger partial charge in [-0.05, 0) is 35.4 Å². The average molecular weight is 201 g/mol. The molecule has 3 heteroatoms. The second-order valence-electron chi connectivity index (χ2n) is 4.11. The van der Waals surface area contributed by atoms with Gasteiger partial charge in [-0.25, -0.2) is 0 Å². The number of benzene rings is 1. The fourth-order valence-electron chi connectivity index (χ4n) is 2.13. The predicted octanol–water partition coefficient (Wildman–Crippen LogP) is 2.36. The molecule has 2 atom stereocenters. The minimum atomic E-state index is -0.674. The summed E-state index contributed by atoms with van der Waals surface area (Å²) in [5.41, 5.74) is 2.22. The Kier molecular flexibility index (Phi) is 1.63. The largest absolute Gasteiger partial charge is 0.481 e. The van der Waals surface area contributed by atoms with E-state index in [1.807, 2.05) is 24.4 Å². The monoisotopic (exact) mass is 201 g/mol. The third-order valence-corrected chi connectivity index (χ3v) is 3.11. The molecular weight excluding hydrogens is 190 g/mol. The number of fused-ring (bicyclic) bond motifs is 1. The molecule has 3 nitrogen and oxygen atoms in total. The molecule has 3 rings (SSSR count). The minimum Gasteiger partial charge on any atom is -0.481 e. The van der Waals surface area contributed by atoms with Crippen molar-refractivity contribution in [2.45, 2.75) is 12.3 Å². The first-order chi connectivity index (χ1) is 7.25. The van der Waals surface area contributed by atoms with Crippen molar-refractivity contribution in [2.24, 2.45) is 5.92 Å². The van der Waals surface area contributed by atoms with Crippen LogP contribution in [0, 0.1) is 5.92 Å². The third-order valence-electron chi connectivity index (χ3n) is 3.11. The van der Waals surface area contributed by atoms with Gasteiger partial charge in [0.2, 0.25) is 0 Å². The summed E-state index contributed by atoms with van der Waals surface area (Å²) in [5, 5.41) is 10.0. The van der Waals surface area contributed by atoms with E-state index in [1.165, 1.54) is 5.39 Å². The highest BCUT2D eigenvalue weighted by atomic mass is 16.4. The number of carbonyl (C=O) groups is 1. The van der Waals surface area contributed by atoms with E-state index in [2.05, 4.69) is 11.1 Å². The van der Waals surface area contributed by atoms with E-state index < -0.39 is 5.97 Å². The van der Waals surface area contributed by atoms with Gasteiger partial charge in [0, 0.05) is 11.7 Å². The quantitative estimate of drug-likeness (QED) is 0.783. The lowest BCUT2D eigenvalue weighted by Crippen LogP contribution is -1.98. The number of carboxylic acid groups (broad SMARTS) is 1. The van der Waals surface area contributed by atoms with Crippen molar-refractivity contribution < 1.29 is 9.90 Å². The normalized spacial score (nSPS) is 24.3. The molecule has 1 fully saturated rings. The van der Waals surface area contributed by atoms with Crippen LogP contribution in [0.4, 0.5) is 0 Å². The van der Waals surface area contributed by atoms with Gasteiger partial charge in [0.15, 0.2) is 0 Å². The Labute approximate surface area is 86.7 Å². The molecule has 1 aliphatic carbocycles. The first kappa shape index (κ1) is 8.53. The molecule has 0 unspecified atom stereocenters. The van der Waals surface area contributed by atoms with Crippen LogP contribution in [-0.2, 0) is 4.79 Å². The summed E-state index contributed by atoms with van der Waals surface area (Å²) in [6.45, 7) is 0. The number of nitrogens with one attached hydrogen (secondary N) is 1. The van der Waals surface area contributed by atoms with E-state index in [9.17, 15) is 4.79 Å². The lowest BCUT2D eigenvalue weighted by atomic mass is 10.1. The Morgan fingerprint density at radius 3 is 3.00 bits per heavy atom. The number of H-pyrrole nitrogens is 1. The highest BCUT2D eigenvalue weighted by Crippen LogP contribution is 2.47. The molecular formula is C12H11NO2. The highest BCUT2D eigenvalue weighted by molar-refractivity contribution is 5.81. The molecule has 0 amide bonds. The summed E-state index contributed by atoms with van der Waals surface area (Å²) in [6, 6.07) is 8.14. The number of aromatic amines is 1. The van der Waals surface area contributed by atoms with Gasteiger partial charge in [0.25, 0.3) is 0 Å². The lowest BCUT2D eigenvalue weighted by molar-refractivity contribution is -0.138. The van der Waals surface area contributed by atoms with Gasteiger partial charge >= 0.3 is 5.97 Å². The topological polar surface area (TPSA) is 53.1 Å². The van der Waals surface area contributed by atoms with Crippen molar-refractivity contribution in [2.75, 3.05) is 0 Å². The molecule has 2 aromatic rings. The molecule has 1 heterocycles. The van der Waals surface area contributed by atoms with Crippen molar-refractivity contribution in [3.63, 3.8) is 0 Å². The number of hydrogen-bond acceptors (Lipinski definition) is 1. The molecule has 1 aliphatic rings. The van der Waals surface area contributed by atoms with E-state index in [0.29, 0.717) is 0 Å². The van der Waals surface area contributed by atoms with E-state index in [0.717, 1.165) is 17.5 Å². The fraction of sp³-hybridized carbons (Fsp3) is 0.250. The summed E-state index contributed by atoms with van der Waals surface area (Å²) in [5.74, 6) is -0.626. The molecule has 0 bridgehead atoms.